The zero-order chi connectivity index (χ0) is 73.5. The molecule has 6 heterocycles. The molecule has 2 aromatic heterocycles. The summed E-state index contributed by atoms with van der Waals surface area (Å²) < 4.78 is 5.00. The van der Waals surface area contributed by atoms with E-state index in [0.717, 1.165) is 125 Å². The molecular formula is C102H66B2N6S2. The van der Waals surface area contributed by atoms with Crippen LogP contribution in [-0.2, 0) is 0 Å². The highest BCUT2D eigenvalue weighted by molar-refractivity contribution is 7.26. The normalized spacial score (nSPS) is 12.9. The molecular weight excluding hydrogens is 1390 g/mol. The molecule has 0 N–H and O–H groups in total. The lowest BCUT2D eigenvalue weighted by molar-refractivity contribution is 1.22. The molecule has 0 radical (unpaired) electrons. The summed E-state index contributed by atoms with van der Waals surface area (Å²) in [5.74, 6) is 0. The first kappa shape index (κ1) is 64.1. The van der Waals surface area contributed by atoms with E-state index in [2.05, 4.69) is 430 Å². The highest BCUT2D eigenvalue weighted by Gasteiger charge is 2.50. The molecule has 0 bridgehead atoms. The fourth-order valence-electron chi connectivity index (χ4n) is 18.8. The molecule has 4 aliphatic rings. The number of para-hydroxylation sites is 8. The number of fused-ring (bicyclic) bond motifs is 14. The lowest BCUT2D eigenvalue weighted by Gasteiger charge is -2.48. The molecule has 112 heavy (non-hydrogen) atoms. The van der Waals surface area contributed by atoms with Crippen LogP contribution in [0.3, 0.4) is 0 Å². The van der Waals surface area contributed by atoms with Crippen LogP contribution >= 0.6 is 22.7 Å². The number of rotatable bonds is 12. The van der Waals surface area contributed by atoms with Crippen LogP contribution in [0.4, 0.5) is 102 Å². The second kappa shape index (κ2) is 25.9. The van der Waals surface area contributed by atoms with E-state index in [9.17, 15) is 0 Å². The van der Waals surface area contributed by atoms with E-state index in [0.29, 0.717) is 0 Å². The minimum absolute atomic E-state index is 0.243. The van der Waals surface area contributed by atoms with Gasteiger partial charge >= 0.3 is 0 Å². The average Bonchev–Trinajstić information content (AvgIpc) is 0.810. The van der Waals surface area contributed by atoms with E-state index in [-0.39, 0.29) is 13.4 Å². The summed E-state index contributed by atoms with van der Waals surface area (Å²) in [6.07, 6.45) is 0. The Labute approximate surface area is 658 Å². The Bertz CT molecular complexity index is 6890. The van der Waals surface area contributed by atoms with Crippen molar-refractivity contribution in [2.45, 2.75) is 0 Å². The lowest BCUT2D eigenvalue weighted by Crippen LogP contribution is -2.65. The molecule has 23 rings (SSSR count). The Morgan fingerprint density at radius 3 is 0.982 bits per heavy atom. The fourth-order valence-corrected chi connectivity index (χ4v) is 21.1. The highest BCUT2D eigenvalue weighted by Crippen LogP contribution is 2.57. The minimum atomic E-state index is -0.270. The minimum Gasteiger partial charge on any atom is -0.311 e. The van der Waals surface area contributed by atoms with E-state index in [1.807, 2.05) is 22.7 Å². The van der Waals surface area contributed by atoms with Crippen LogP contribution in [0.1, 0.15) is 0 Å². The van der Waals surface area contributed by atoms with Gasteiger partial charge in [0.25, 0.3) is 13.4 Å². The van der Waals surface area contributed by atoms with Gasteiger partial charge in [0.15, 0.2) is 0 Å². The first-order chi connectivity index (χ1) is 55.6. The van der Waals surface area contributed by atoms with E-state index >= 15 is 0 Å². The van der Waals surface area contributed by atoms with Crippen molar-refractivity contribution in [1.29, 1.82) is 0 Å². The van der Waals surface area contributed by atoms with Crippen molar-refractivity contribution >= 4 is 212 Å². The number of hydrogen-bond acceptors (Lipinski definition) is 8. The van der Waals surface area contributed by atoms with Crippen molar-refractivity contribution in [1.82, 2.24) is 0 Å². The van der Waals surface area contributed by atoms with Gasteiger partial charge in [-0.2, -0.15) is 0 Å². The standard InChI is InChI=1S/C102H66B2N6S2/c1-8-33-67(34-9-1)76-49-30-50-77(68-35-10-2-11-36-68)102(76)110-89-66-88-82(65-83(89)104-81-52-25-27-54-85(81)108(72-43-18-6-19-44-72)91-62-75(64-93(110)101(91)104)106(70-39-14-4-15-40-70)87-56-32-60-97-99(87)79-48-23-29-58-95(79)112-97)103-80-51-24-26-53-84(80)107(71-41-16-5-17-42-71)90-61-74(63-92(100(90)103)109(88)73-45-20-7-21-46-73)105(69-37-12-3-13-38-69)86-55-31-59-96-98(86)78-47-22-28-57-94(78)111-96/h1-66H. The van der Waals surface area contributed by atoms with Crippen molar-refractivity contribution in [3.63, 3.8) is 0 Å². The summed E-state index contributed by atoms with van der Waals surface area (Å²) in [4.78, 5) is 15.5. The van der Waals surface area contributed by atoms with Gasteiger partial charge in [0.2, 0.25) is 0 Å². The van der Waals surface area contributed by atoms with Gasteiger partial charge in [0.05, 0.1) is 28.4 Å². The summed E-state index contributed by atoms with van der Waals surface area (Å²) in [5.41, 5.74) is 31.5. The molecule has 0 saturated carbocycles. The van der Waals surface area contributed by atoms with Crippen molar-refractivity contribution in [2.24, 2.45) is 0 Å². The molecule has 0 spiro atoms. The van der Waals surface area contributed by atoms with Crippen LogP contribution in [0.2, 0.25) is 0 Å². The fraction of sp³-hybridized carbons (Fsp3) is 0. The number of benzene rings is 17. The van der Waals surface area contributed by atoms with Gasteiger partial charge in [0, 0.05) is 125 Å². The van der Waals surface area contributed by atoms with Gasteiger partial charge in [-0.1, -0.05) is 261 Å². The zero-order valence-corrected chi connectivity index (χ0v) is 62.4. The van der Waals surface area contributed by atoms with Gasteiger partial charge in [-0.25, -0.2) is 0 Å². The molecule has 6 nitrogen and oxygen atoms in total. The maximum atomic E-state index is 2.72. The third-order valence-corrected chi connectivity index (χ3v) is 25.6. The van der Waals surface area contributed by atoms with Crippen LogP contribution in [0.15, 0.2) is 400 Å². The summed E-state index contributed by atoms with van der Waals surface area (Å²) in [7, 11) is 0. The Hall–Kier alpha value is -13.9. The SMILES string of the molecule is c1ccc(-c2cccc(-c3ccccc3)c2N2c3cc4c(cc3B3c5ccccc5N(c5ccccc5)c5cc(N(c6ccccc6)c6cccc7sc8ccccc8c67)cc2c53)B2c3ccccc3N(c3ccccc3)c3cc(N(c5ccccc5)c5cccc6sc7ccccc7c56)cc(c32)N4c2ccccc2)cc1. The van der Waals surface area contributed by atoms with E-state index < -0.39 is 0 Å². The maximum Gasteiger partial charge on any atom is 0.252 e. The van der Waals surface area contributed by atoms with Crippen LogP contribution in [-0.4, -0.2) is 13.4 Å². The summed E-state index contributed by atoms with van der Waals surface area (Å²) in [6, 6.07) is 150. The Kier molecular flexibility index (Phi) is 14.8. The molecule has 4 aliphatic heterocycles. The van der Waals surface area contributed by atoms with Gasteiger partial charge in [-0.15, -0.1) is 22.7 Å². The average molecular weight is 1460 g/mol. The molecule has 0 aliphatic carbocycles. The van der Waals surface area contributed by atoms with E-state index in [1.165, 1.54) is 73.1 Å². The monoisotopic (exact) mass is 1460 g/mol. The molecule has 10 heteroatoms. The number of hydrogen-bond donors (Lipinski definition) is 0. The zero-order valence-electron chi connectivity index (χ0n) is 60.8. The molecule has 17 aromatic carbocycles. The number of anilines is 18. The Balaban J connectivity index is 0.876. The van der Waals surface area contributed by atoms with Gasteiger partial charge in [-0.3, -0.25) is 0 Å². The molecule has 522 valence electrons. The van der Waals surface area contributed by atoms with Crippen LogP contribution in [0, 0.1) is 0 Å². The third-order valence-electron chi connectivity index (χ3n) is 23.3. The van der Waals surface area contributed by atoms with Crippen molar-refractivity contribution < 1.29 is 0 Å². The van der Waals surface area contributed by atoms with Crippen molar-refractivity contribution in [2.75, 3.05) is 29.4 Å². The van der Waals surface area contributed by atoms with Gasteiger partial charge in [0.1, 0.15) is 0 Å². The second-order valence-corrected chi connectivity index (χ2v) is 31.5. The molecule has 0 amide bonds. The summed E-state index contributed by atoms with van der Waals surface area (Å²) in [6.45, 7) is -0.512. The third kappa shape index (κ3) is 9.92. The highest BCUT2D eigenvalue weighted by atomic mass is 32.1. The first-order valence-electron chi connectivity index (χ1n) is 38.5. The second-order valence-electron chi connectivity index (χ2n) is 29.4. The quantitative estimate of drug-likeness (QED) is 0.113. The smallest absolute Gasteiger partial charge is 0.252 e. The predicted octanol–water partition coefficient (Wildman–Crippen LogP) is 24.9. The van der Waals surface area contributed by atoms with Crippen LogP contribution in [0.25, 0.3) is 62.6 Å². The van der Waals surface area contributed by atoms with E-state index in [4.69, 9.17) is 0 Å². The Morgan fingerprint density at radius 2 is 0.554 bits per heavy atom. The molecule has 0 saturated heterocycles. The first-order valence-corrected chi connectivity index (χ1v) is 40.1. The summed E-state index contributed by atoms with van der Waals surface area (Å²) in [5, 5.41) is 4.94. The van der Waals surface area contributed by atoms with E-state index in [1.54, 1.807) is 0 Å². The van der Waals surface area contributed by atoms with Crippen LogP contribution in [0.5, 0.6) is 0 Å². The molecule has 0 fully saturated rings. The predicted molar refractivity (Wildman–Crippen MR) is 481 cm³/mol. The topological polar surface area (TPSA) is 19.4 Å². The van der Waals surface area contributed by atoms with Gasteiger partial charge in [-0.05, 0) is 183 Å². The molecule has 19 aromatic rings. The van der Waals surface area contributed by atoms with Crippen molar-refractivity contribution in [3.8, 4) is 22.3 Å². The van der Waals surface area contributed by atoms with Crippen LogP contribution < -0.4 is 62.2 Å². The lowest BCUT2D eigenvalue weighted by atomic mass is 9.30. The van der Waals surface area contributed by atoms with Gasteiger partial charge < -0.3 is 29.4 Å². The molecule has 0 atom stereocenters. The number of nitrogens with zero attached hydrogens (tertiary/aromatic N) is 6. The Morgan fingerprint density at radius 1 is 0.223 bits per heavy atom. The maximum absolute atomic E-state index is 2.72. The van der Waals surface area contributed by atoms with Crippen molar-refractivity contribution in [3.05, 3.63) is 400 Å². The molecule has 0 unspecified atom stereocenters. The summed E-state index contributed by atoms with van der Waals surface area (Å²) >= 11 is 3.72. The number of thiophene rings is 2. The largest absolute Gasteiger partial charge is 0.311 e.